The van der Waals surface area contributed by atoms with Gasteiger partial charge in [0.05, 0.1) is 0 Å². The second-order valence-corrected chi connectivity index (χ2v) is 5.54. The lowest BCUT2D eigenvalue weighted by Crippen LogP contribution is -2.30. The van der Waals surface area contributed by atoms with E-state index in [1.54, 1.807) is 0 Å². The molecule has 114 valence electrons. The minimum atomic E-state index is -0.438. The maximum atomic E-state index is 13.7. The molecule has 0 aliphatic heterocycles. The Morgan fingerprint density at radius 1 is 1.15 bits per heavy atom. The summed E-state index contributed by atoms with van der Waals surface area (Å²) in [6, 6.07) is 4.21. The third kappa shape index (κ3) is 5.20. The van der Waals surface area contributed by atoms with Crippen LogP contribution in [0.2, 0.25) is 0 Å². The average Bonchev–Trinajstić information content (AvgIpc) is 2.45. The van der Waals surface area contributed by atoms with E-state index in [-0.39, 0.29) is 11.6 Å². The van der Waals surface area contributed by atoms with Crippen molar-refractivity contribution in [3.8, 4) is 0 Å². The quantitative estimate of drug-likeness (QED) is 0.692. The zero-order chi connectivity index (χ0) is 15.0. The van der Waals surface area contributed by atoms with Crippen molar-refractivity contribution in [3.63, 3.8) is 0 Å². The van der Waals surface area contributed by atoms with Gasteiger partial charge in [-0.15, -0.1) is 0 Å². The fourth-order valence-electron chi connectivity index (χ4n) is 2.66. The molecule has 0 aliphatic rings. The molecule has 20 heavy (non-hydrogen) atoms. The number of benzene rings is 1. The Morgan fingerprint density at radius 3 is 2.30 bits per heavy atom. The molecule has 2 unspecified atom stereocenters. The third-order valence-corrected chi connectivity index (χ3v) is 4.08. The highest BCUT2D eigenvalue weighted by Gasteiger charge is 2.18. The van der Waals surface area contributed by atoms with Crippen LogP contribution >= 0.6 is 0 Å². The predicted octanol–water partition coefficient (Wildman–Crippen LogP) is 4.70. The molecule has 2 atom stereocenters. The normalized spacial score (nSPS) is 14.2. The summed E-state index contributed by atoms with van der Waals surface area (Å²) in [6.07, 6.45) is 6.13. The molecule has 3 heteroatoms. The van der Waals surface area contributed by atoms with E-state index >= 15 is 0 Å². The summed E-state index contributed by atoms with van der Waals surface area (Å²) in [4.78, 5) is 0. The van der Waals surface area contributed by atoms with Crippen molar-refractivity contribution in [3.05, 3.63) is 35.4 Å². The molecule has 0 bridgehead atoms. The molecule has 1 rings (SSSR count). The van der Waals surface area contributed by atoms with Gasteiger partial charge in [0.2, 0.25) is 0 Å². The van der Waals surface area contributed by atoms with E-state index in [2.05, 4.69) is 19.2 Å². The van der Waals surface area contributed by atoms with Crippen molar-refractivity contribution >= 4 is 0 Å². The van der Waals surface area contributed by atoms with Gasteiger partial charge in [-0.25, -0.2) is 8.78 Å². The average molecular weight is 283 g/mol. The zero-order valence-electron chi connectivity index (χ0n) is 12.9. The van der Waals surface area contributed by atoms with Crippen LogP contribution in [0.4, 0.5) is 8.78 Å². The van der Waals surface area contributed by atoms with Gasteiger partial charge in [-0.2, -0.15) is 0 Å². The fourth-order valence-corrected chi connectivity index (χ4v) is 2.66. The molecule has 0 spiro atoms. The monoisotopic (exact) mass is 283 g/mol. The first-order valence-corrected chi connectivity index (χ1v) is 7.72. The number of unbranched alkanes of at least 4 members (excludes halogenated alkanes) is 1. The Hall–Kier alpha value is -0.960. The lowest BCUT2D eigenvalue weighted by atomic mass is 9.89. The largest absolute Gasteiger partial charge is 0.317 e. The number of rotatable bonds is 9. The maximum Gasteiger partial charge on any atom is 0.129 e. The molecule has 1 aromatic carbocycles. The van der Waals surface area contributed by atoms with Crippen LogP contribution in [0.5, 0.6) is 0 Å². The van der Waals surface area contributed by atoms with Crippen molar-refractivity contribution in [2.45, 2.75) is 58.4 Å². The number of hydrogen-bond acceptors (Lipinski definition) is 1. The maximum absolute atomic E-state index is 13.7. The van der Waals surface area contributed by atoms with Crippen LogP contribution in [0.25, 0.3) is 0 Å². The van der Waals surface area contributed by atoms with Gasteiger partial charge in [0.15, 0.2) is 0 Å². The molecule has 1 nitrogen and oxygen atoms in total. The van der Waals surface area contributed by atoms with E-state index in [9.17, 15) is 8.78 Å². The van der Waals surface area contributed by atoms with Gasteiger partial charge >= 0.3 is 0 Å². The van der Waals surface area contributed by atoms with Gasteiger partial charge in [0, 0.05) is 11.6 Å². The molecular formula is C17H27F2N. The van der Waals surface area contributed by atoms with E-state index < -0.39 is 11.6 Å². The molecule has 0 fully saturated rings. The lowest BCUT2D eigenvalue weighted by Gasteiger charge is -2.23. The number of nitrogens with one attached hydrogen (secondary N) is 1. The zero-order valence-corrected chi connectivity index (χ0v) is 12.9. The topological polar surface area (TPSA) is 12.0 Å². The highest BCUT2D eigenvalue weighted by atomic mass is 19.1. The van der Waals surface area contributed by atoms with Crippen LogP contribution in [0.15, 0.2) is 18.2 Å². The third-order valence-electron chi connectivity index (χ3n) is 4.08. The smallest absolute Gasteiger partial charge is 0.129 e. The standard InChI is InChI=1S/C17H27F2N/c1-4-6-8-13(5-2)11-14(20-3)12-15-16(18)9-7-10-17(15)19/h7,9-10,13-14,20H,4-6,8,11-12H2,1-3H3. The summed E-state index contributed by atoms with van der Waals surface area (Å²) in [6.45, 7) is 4.38. The van der Waals surface area contributed by atoms with E-state index in [1.807, 2.05) is 7.05 Å². The summed E-state index contributed by atoms with van der Waals surface area (Å²) in [5.41, 5.74) is 0.206. The summed E-state index contributed by atoms with van der Waals surface area (Å²) in [7, 11) is 1.87. The summed E-state index contributed by atoms with van der Waals surface area (Å²) in [5.74, 6) is -0.249. The summed E-state index contributed by atoms with van der Waals surface area (Å²) < 4.78 is 27.4. The van der Waals surface area contributed by atoms with Gasteiger partial charge in [0.25, 0.3) is 0 Å². The van der Waals surface area contributed by atoms with Crippen LogP contribution in [-0.2, 0) is 6.42 Å². The van der Waals surface area contributed by atoms with Crippen molar-refractivity contribution < 1.29 is 8.78 Å². The van der Waals surface area contributed by atoms with E-state index in [4.69, 9.17) is 0 Å². The minimum Gasteiger partial charge on any atom is -0.317 e. The van der Waals surface area contributed by atoms with Crippen LogP contribution in [0.3, 0.4) is 0 Å². The number of halogens is 2. The van der Waals surface area contributed by atoms with E-state index in [0.29, 0.717) is 12.3 Å². The molecule has 0 aromatic heterocycles. The Labute approximate surface area is 121 Å². The molecule has 0 heterocycles. The van der Waals surface area contributed by atoms with Crippen LogP contribution in [-0.4, -0.2) is 13.1 Å². The van der Waals surface area contributed by atoms with Gasteiger partial charge in [-0.1, -0.05) is 45.6 Å². The summed E-state index contributed by atoms with van der Waals surface area (Å²) in [5, 5.41) is 3.21. The van der Waals surface area contributed by atoms with Crippen LogP contribution in [0.1, 0.15) is 51.5 Å². The summed E-state index contributed by atoms with van der Waals surface area (Å²) >= 11 is 0. The van der Waals surface area contributed by atoms with Gasteiger partial charge in [-0.05, 0) is 37.9 Å². The van der Waals surface area contributed by atoms with Gasteiger partial charge in [0.1, 0.15) is 11.6 Å². The van der Waals surface area contributed by atoms with Crippen molar-refractivity contribution in [1.29, 1.82) is 0 Å². The molecule has 0 saturated heterocycles. The van der Waals surface area contributed by atoms with Crippen molar-refractivity contribution in [2.24, 2.45) is 5.92 Å². The first-order valence-electron chi connectivity index (χ1n) is 7.72. The molecule has 1 N–H and O–H groups in total. The minimum absolute atomic E-state index is 0.128. The first-order chi connectivity index (χ1) is 9.62. The SMILES string of the molecule is CCCCC(CC)CC(Cc1c(F)cccc1F)NC. The lowest BCUT2D eigenvalue weighted by molar-refractivity contribution is 0.354. The van der Waals surface area contributed by atoms with Gasteiger partial charge in [-0.3, -0.25) is 0 Å². The Bertz CT molecular complexity index is 372. The molecule has 0 saturated carbocycles. The molecule has 0 aliphatic carbocycles. The van der Waals surface area contributed by atoms with Crippen molar-refractivity contribution in [2.75, 3.05) is 7.05 Å². The van der Waals surface area contributed by atoms with Crippen molar-refractivity contribution in [1.82, 2.24) is 5.32 Å². The molecule has 1 aromatic rings. The first kappa shape index (κ1) is 17.1. The van der Waals surface area contributed by atoms with Crippen LogP contribution < -0.4 is 5.32 Å². The van der Waals surface area contributed by atoms with Crippen LogP contribution in [0, 0.1) is 17.6 Å². The second kappa shape index (κ2) is 9.06. The second-order valence-electron chi connectivity index (χ2n) is 5.54. The molecular weight excluding hydrogens is 256 g/mol. The molecule has 0 radical (unpaired) electrons. The van der Waals surface area contributed by atoms with Gasteiger partial charge < -0.3 is 5.32 Å². The van der Waals surface area contributed by atoms with E-state index in [1.165, 1.54) is 37.5 Å². The highest BCUT2D eigenvalue weighted by molar-refractivity contribution is 5.20. The predicted molar refractivity (Wildman–Crippen MR) is 80.8 cm³/mol. The number of likely N-dealkylation sites (N-methyl/N-ethyl adjacent to an activating group) is 1. The Kier molecular flexibility index (Phi) is 7.75. The fraction of sp³-hybridized carbons (Fsp3) is 0.647. The van der Waals surface area contributed by atoms with E-state index in [0.717, 1.165) is 12.8 Å². The highest BCUT2D eigenvalue weighted by Crippen LogP contribution is 2.22. The Morgan fingerprint density at radius 2 is 1.80 bits per heavy atom. The molecule has 0 amide bonds. The Balaban J connectivity index is 2.66. The number of hydrogen-bond donors (Lipinski definition) is 1.